The molecule has 0 spiro atoms. The minimum absolute atomic E-state index is 0.698. The molecule has 0 aromatic carbocycles. The van der Waals surface area contributed by atoms with Crippen LogP contribution in [-0.4, -0.2) is 10.2 Å². The number of hydrogen-bond donors (Lipinski definition) is 1. The van der Waals surface area contributed by atoms with Gasteiger partial charge in [0.2, 0.25) is 0 Å². The Kier molecular flexibility index (Phi) is 2.14. The van der Waals surface area contributed by atoms with Crippen LogP contribution in [0.25, 0.3) is 0 Å². The minimum atomic E-state index is 0.698. The third kappa shape index (κ3) is 1.38. The number of hydrogen-bond acceptors (Lipinski definition) is 1. The maximum atomic E-state index is 4.16. The lowest BCUT2D eigenvalue weighted by atomic mass is 9.77. The zero-order valence-electron chi connectivity index (χ0n) is 8.67. The first-order valence-electron chi connectivity index (χ1n) is 5.23. The van der Waals surface area contributed by atoms with Gasteiger partial charge in [-0.05, 0) is 30.2 Å². The molecule has 0 amide bonds. The number of rotatable bonds is 1. The molecule has 0 radical (unpaired) electrons. The first kappa shape index (κ1) is 8.79. The third-order valence-electron chi connectivity index (χ3n) is 3.32. The summed E-state index contributed by atoms with van der Waals surface area (Å²) in [6, 6.07) is 0. The van der Waals surface area contributed by atoms with E-state index in [0.717, 1.165) is 5.92 Å². The summed E-state index contributed by atoms with van der Waals surface area (Å²) in [5.74, 6) is 2.13. The smallest absolute Gasteiger partial charge is 0.0524 e. The number of H-pyrrole nitrogens is 1. The van der Waals surface area contributed by atoms with Crippen LogP contribution >= 0.6 is 0 Å². The molecule has 1 aliphatic rings. The molecule has 2 atom stereocenters. The van der Waals surface area contributed by atoms with E-state index in [1.54, 1.807) is 0 Å². The van der Waals surface area contributed by atoms with E-state index in [0.29, 0.717) is 11.8 Å². The second-order valence-electron chi connectivity index (χ2n) is 4.57. The van der Waals surface area contributed by atoms with E-state index in [2.05, 4.69) is 31.0 Å². The number of nitrogens with zero attached hydrogens (tertiary/aromatic N) is 1. The molecule has 1 aliphatic carbocycles. The van der Waals surface area contributed by atoms with Crippen molar-refractivity contribution in [2.75, 3.05) is 0 Å². The van der Waals surface area contributed by atoms with E-state index < -0.39 is 0 Å². The van der Waals surface area contributed by atoms with Gasteiger partial charge in [-0.25, -0.2) is 0 Å². The van der Waals surface area contributed by atoms with Crippen molar-refractivity contribution in [2.45, 2.75) is 45.4 Å². The Bertz CT molecular complexity index is 288. The fraction of sp³-hybridized carbons (Fsp3) is 0.727. The van der Waals surface area contributed by atoms with Gasteiger partial charge < -0.3 is 0 Å². The van der Waals surface area contributed by atoms with Crippen molar-refractivity contribution in [1.29, 1.82) is 0 Å². The van der Waals surface area contributed by atoms with Crippen molar-refractivity contribution in [2.24, 2.45) is 5.92 Å². The molecule has 0 aliphatic heterocycles. The Morgan fingerprint density at radius 3 is 2.92 bits per heavy atom. The maximum Gasteiger partial charge on any atom is 0.0524 e. The van der Waals surface area contributed by atoms with Crippen molar-refractivity contribution in [3.63, 3.8) is 0 Å². The van der Waals surface area contributed by atoms with Crippen LogP contribution < -0.4 is 0 Å². The molecule has 2 unspecified atom stereocenters. The van der Waals surface area contributed by atoms with Crippen LogP contribution in [0.3, 0.4) is 0 Å². The first-order valence-corrected chi connectivity index (χ1v) is 5.23. The molecule has 0 fully saturated rings. The number of nitrogens with one attached hydrogen (secondary N) is 1. The Morgan fingerprint density at radius 2 is 2.23 bits per heavy atom. The van der Waals surface area contributed by atoms with E-state index in [4.69, 9.17) is 0 Å². The lowest BCUT2D eigenvalue weighted by Gasteiger charge is -2.28. The molecule has 1 aromatic rings. The zero-order valence-corrected chi connectivity index (χ0v) is 8.67. The van der Waals surface area contributed by atoms with Gasteiger partial charge in [0.05, 0.1) is 6.20 Å². The van der Waals surface area contributed by atoms with Crippen molar-refractivity contribution in [1.82, 2.24) is 10.2 Å². The Balaban J connectivity index is 2.35. The van der Waals surface area contributed by atoms with Crippen LogP contribution in [0.4, 0.5) is 0 Å². The van der Waals surface area contributed by atoms with Crippen molar-refractivity contribution in [3.8, 4) is 0 Å². The van der Waals surface area contributed by atoms with E-state index in [1.165, 1.54) is 24.1 Å². The summed E-state index contributed by atoms with van der Waals surface area (Å²) < 4.78 is 0. The van der Waals surface area contributed by atoms with Gasteiger partial charge in [-0.3, -0.25) is 5.10 Å². The molecule has 2 heteroatoms. The van der Waals surface area contributed by atoms with Crippen molar-refractivity contribution in [3.05, 3.63) is 17.5 Å². The molecule has 2 rings (SSSR count). The number of fused-ring (bicyclic) bond motifs is 1. The topological polar surface area (TPSA) is 28.7 Å². The van der Waals surface area contributed by atoms with E-state index in [1.807, 2.05) is 6.20 Å². The summed E-state index contributed by atoms with van der Waals surface area (Å²) in [4.78, 5) is 0. The van der Waals surface area contributed by atoms with Crippen LogP contribution in [0.15, 0.2) is 6.20 Å². The molecular formula is C11H18N2. The molecule has 1 aromatic heterocycles. The van der Waals surface area contributed by atoms with Gasteiger partial charge >= 0.3 is 0 Å². The fourth-order valence-electron chi connectivity index (χ4n) is 2.39. The molecule has 72 valence electrons. The molecule has 0 saturated heterocycles. The summed E-state index contributed by atoms with van der Waals surface area (Å²) in [5, 5.41) is 7.33. The normalized spacial score (nSPS) is 27.7. The van der Waals surface area contributed by atoms with Gasteiger partial charge in [-0.15, -0.1) is 0 Å². The lowest BCUT2D eigenvalue weighted by Crippen LogP contribution is -2.16. The first-order chi connectivity index (χ1) is 6.20. The third-order valence-corrected chi connectivity index (χ3v) is 3.32. The highest BCUT2D eigenvalue weighted by Gasteiger charge is 2.28. The number of aromatic amines is 1. The quantitative estimate of drug-likeness (QED) is 0.703. The molecule has 0 bridgehead atoms. The minimum Gasteiger partial charge on any atom is -0.282 e. The van der Waals surface area contributed by atoms with Gasteiger partial charge in [0, 0.05) is 11.6 Å². The molecule has 1 N–H and O–H groups in total. The molecular weight excluding hydrogens is 160 g/mol. The Morgan fingerprint density at radius 1 is 1.46 bits per heavy atom. The Hall–Kier alpha value is -0.790. The second kappa shape index (κ2) is 3.17. The monoisotopic (exact) mass is 178 g/mol. The van der Waals surface area contributed by atoms with Crippen LogP contribution in [0.2, 0.25) is 0 Å². The fourth-order valence-corrected chi connectivity index (χ4v) is 2.39. The highest BCUT2D eigenvalue weighted by atomic mass is 15.1. The highest BCUT2D eigenvalue weighted by Crippen LogP contribution is 2.40. The lowest BCUT2D eigenvalue weighted by molar-refractivity contribution is 0.403. The van der Waals surface area contributed by atoms with Gasteiger partial charge in [0.1, 0.15) is 0 Å². The number of aromatic nitrogens is 2. The highest BCUT2D eigenvalue weighted by molar-refractivity contribution is 5.27. The molecule has 1 heterocycles. The van der Waals surface area contributed by atoms with Crippen LogP contribution in [0.5, 0.6) is 0 Å². The van der Waals surface area contributed by atoms with E-state index >= 15 is 0 Å². The van der Waals surface area contributed by atoms with Crippen LogP contribution in [0, 0.1) is 5.92 Å². The maximum absolute atomic E-state index is 4.16. The predicted octanol–water partition coefficient (Wildman–Crippen LogP) is 3.05. The standard InChI is InChI=1S/C11H18N2/c1-7(2)9-5-4-8(3)10-6-12-13-11(9)10/h6-9H,4-5H2,1-3H3,(H,12,13). The zero-order chi connectivity index (χ0) is 9.42. The summed E-state index contributed by atoms with van der Waals surface area (Å²) in [6.45, 7) is 6.89. The average Bonchev–Trinajstić information content (AvgIpc) is 2.53. The summed E-state index contributed by atoms with van der Waals surface area (Å²) >= 11 is 0. The van der Waals surface area contributed by atoms with E-state index in [-0.39, 0.29) is 0 Å². The largest absolute Gasteiger partial charge is 0.282 e. The predicted molar refractivity (Wildman–Crippen MR) is 53.8 cm³/mol. The molecule has 0 saturated carbocycles. The van der Waals surface area contributed by atoms with Gasteiger partial charge in [-0.1, -0.05) is 20.8 Å². The summed E-state index contributed by atoms with van der Waals surface area (Å²) in [5.41, 5.74) is 2.85. The molecule has 2 nitrogen and oxygen atoms in total. The van der Waals surface area contributed by atoms with Crippen molar-refractivity contribution < 1.29 is 0 Å². The van der Waals surface area contributed by atoms with Gasteiger partial charge in [0.25, 0.3) is 0 Å². The van der Waals surface area contributed by atoms with Crippen LogP contribution in [0.1, 0.15) is 56.7 Å². The average molecular weight is 178 g/mol. The summed E-state index contributed by atoms with van der Waals surface area (Å²) in [6.07, 6.45) is 4.64. The van der Waals surface area contributed by atoms with Gasteiger partial charge in [0.15, 0.2) is 0 Å². The van der Waals surface area contributed by atoms with E-state index in [9.17, 15) is 0 Å². The van der Waals surface area contributed by atoms with Crippen LogP contribution in [-0.2, 0) is 0 Å². The Labute approximate surface area is 79.7 Å². The van der Waals surface area contributed by atoms with Gasteiger partial charge in [-0.2, -0.15) is 5.10 Å². The summed E-state index contributed by atoms with van der Waals surface area (Å²) in [7, 11) is 0. The second-order valence-corrected chi connectivity index (χ2v) is 4.57. The SMILES string of the molecule is CC1CCC(C(C)C)c2[nH]ncc21. The molecule has 13 heavy (non-hydrogen) atoms. The van der Waals surface area contributed by atoms with Crippen molar-refractivity contribution >= 4 is 0 Å².